The fourth-order valence-corrected chi connectivity index (χ4v) is 2.58. The van der Waals surface area contributed by atoms with Crippen molar-refractivity contribution in [3.8, 4) is 11.3 Å². The van der Waals surface area contributed by atoms with E-state index in [1.54, 1.807) is 16.8 Å². The first-order valence-electron chi connectivity index (χ1n) is 7.34. The summed E-state index contributed by atoms with van der Waals surface area (Å²) in [5.41, 5.74) is 6.76. The Bertz CT molecular complexity index is 959. The van der Waals surface area contributed by atoms with Crippen LogP contribution in [0.2, 0.25) is 5.02 Å². The fraction of sp³-hybridized carbons (Fsp3) is 0.235. The van der Waals surface area contributed by atoms with Gasteiger partial charge in [0.15, 0.2) is 5.65 Å². The topological polar surface area (TPSA) is 73.8 Å². The summed E-state index contributed by atoms with van der Waals surface area (Å²) < 4.78 is 15.5. The van der Waals surface area contributed by atoms with E-state index < -0.39 is 11.7 Å². The molecule has 2 heterocycles. The van der Waals surface area contributed by atoms with Crippen LogP contribution in [0.25, 0.3) is 22.3 Å². The summed E-state index contributed by atoms with van der Waals surface area (Å²) in [5, 5.41) is 5.35. The van der Waals surface area contributed by atoms with Gasteiger partial charge in [0, 0.05) is 10.9 Å². The third-order valence-corrected chi connectivity index (χ3v) is 3.92. The highest BCUT2D eigenvalue weighted by Crippen LogP contribution is 2.32. The van der Waals surface area contributed by atoms with Crippen molar-refractivity contribution in [2.75, 3.05) is 0 Å². The van der Waals surface area contributed by atoms with Gasteiger partial charge in [-0.25, -0.2) is 14.1 Å². The van der Waals surface area contributed by atoms with Crippen LogP contribution in [0.15, 0.2) is 30.3 Å². The molecule has 1 amide bonds. The lowest BCUT2D eigenvalue weighted by Gasteiger charge is -2.19. The van der Waals surface area contributed by atoms with Crippen LogP contribution in [0, 0.1) is 5.82 Å². The van der Waals surface area contributed by atoms with E-state index in [9.17, 15) is 9.18 Å². The van der Waals surface area contributed by atoms with Gasteiger partial charge in [0.05, 0.1) is 10.6 Å². The quantitative estimate of drug-likeness (QED) is 0.768. The van der Waals surface area contributed by atoms with Crippen molar-refractivity contribution >= 4 is 28.5 Å². The molecule has 2 aromatic heterocycles. The summed E-state index contributed by atoms with van der Waals surface area (Å²) in [5.74, 6) is -1.13. The number of carbonyl (C=O) groups excluding carboxylic acids is 1. The maximum atomic E-state index is 13.8. The zero-order valence-corrected chi connectivity index (χ0v) is 14.2. The number of carbonyl (C=O) groups is 1. The second-order valence-corrected chi connectivity index (χ2v) is 6.90. The van der Waals surface area contributed by atoms with Crippen molar-refractivity contribution in [2.24, 2.45) is 5.73 Å². The maximum Gasteiger partial charge on any atom is 0.267 e. The van der Waals surface area contributed by atoms with Crippen LogP contribution >= 0.6 is 11.6 Å². The van der Waals surface area contributed by atoms with Crippen LogP contribution in [0.5, 0.6) is 0 Å². The summed E-state index contributed by atoms with van der Waals surface area (Å²) >= 11 is 5.76. The molecule has 3 aromatic rings. The Balaban J connectivity index is 2.33. The smallest absolute Gasteiger partial charge is 0.267 e. The second-order valence-electron chi connectivity index (χ2n) is 6.49. The summed E-state index contributed by atoms with van der Waals surface area (Å²) in [6, 6.07) is 7.77. The molecule has 0 fully saturated rings. The van der Waals surface area contributed by atoms with E-state index in [2.05, 4.69) is 10.1 Å². The highest BCUT2D eigenvalue weighted by molar-refractivity contribution is 6.30. The number of hydrogen-bond donors (Lipinski definition) is 1. The highest BCUT2D eigenvalue weighted by Gasteiger charge is 2.23. The van der Waals surface area contributed by atoms with Gasteiger partial charge >= 0.3 is 0 Å². The number of nitrogens with two attached hydrogens (primary N) is 1. The number of rotatable bonds is 2. The van der Waals surface area contributed by atoms with Gasteiger partial charge in [-0.05, 0) is 45.0 Å². The Hall–Kier alpha value is -2.47. The van der Waals surface area contributed by atoms with Gasteiger partial charge in [0.2, 0.25) is 0 Å². The number of benzene rings is 1. The average Bonchev–Trinajstić information content (AvgIpc) is 2.88. The van der Waals surface area contributed by atoms with E-state index in [0.29, 0.717) is 22.3 Å². The van der Waals surface area contributed by atoms with Gasteiger partial charge < -0.3 is 5.73 Å². The highest BCUT2D eigenvalue weighted by atomic mass is 35.5. The first-order chi connectivity index (χ1) is 11.2. The molecule has 0 unspecified atom stereocenters. The van der Waals surface area contributed by atoms with Gasteiger partial charge in [-0.15, -0.1) is 0 Å². The Morgan fingerprint density at radius 2 is 1.96 bits per heavy atom. The van der Waals surface area contributed by atoms with Crippen molar-refractivity contribution in [3.63, 3.8) is 0 Å². The Kier molecular flexibility index (Phi) is 3.80. The van der Waals surface area contributed by atoms with Crippen LogP contribution in [0.3, 0.4) is 0 Å². The number of pyridine rings is 1. The van der Waals surface area contributed by atoms with E-state index >= 15 is 0 Å². The van der Waals surface area contributed by atoms with Gasteiger partial charge in [0.25, 0.3) is 5.91 Å². The monoisotopic (exact) mass is 346 g/mol. The zero-order valence-electron chi connectivity index (χ0n) is 13.5. The number of halogens is 2. The number of aromatic nitrogens is 3. The van der Waals surface area contributed by atoms with Gasteiger partial charge in [-0.2, -0.15) is 5.10 Å². The molecule has 0 spiro atoms. The van der Waals surface area contributed by atoms with Crippen LogP contribution in [-0.2, 0) is 5.54 Å². The molecule has 0 saturated heterocycles. The van der Waals surface area contributed by atoms with Gasteiger partial charge in [-0.1, -0.05) is 17.7 Å². The molecule has 0 aliphatic carbocycles. The van der Waals surface area contributed by atoms with Gasteiger partial charge in [-0.3, -0.25) is 4.79 Å². The van der Waals surface area contributed by atoms with Crippen LogP contribution in [-0.4, -0.2) is 20.7 Å². The molecule has 1 aromatic carbocycles. The molecule has 3 rings (SSSR count). The Labute approximate surface area is 143 Å². The number of primary amides is 1. The minimum Gasteiger partial charge on any atom is -0.364 e. The molecule has 0 bridgehead atoms. The van der Waals surface area contributed by atoms with E-state index in [0.717, 1.165) is 0 Å². The SMILES string of the molecule is CC(C)(C)n1nc(-c2ccc(Cl)c(F)c2)c2ccc(C(N)=O)nc21. The van der Waals surface area contributed by atoms with E-state index in [-0.39, 0.29) is 16.3 Å². The Morgan fingerprint density at radius 1 is 1.25 bits per heavy atom. The van der Waals surface area contributed by atoms with Gasteiger partial charge in [0.1, 0.15) is 17.2 Å². The van der Waals surface area contributed by atoms with Crippen molar-refractivity contribution in [1.29, 1.82) is 0 Å². The minimum absolute atomic E-state index is 0.0486. The van der Waals surface area contributed by atoms with Crippen LogP contribution in [0.4, 0.5) is 4.39 Å². The number of nitrogens with zero attached hydrogens (tertiary/aromatic N) is 3. The molecule has 124 valence electrons. The van der Waals surface area contributed by atoms with Crippen molar-refractivity contribution < 1.29 is 9.18 Å². The van der Waals surface area contributed by atoms with E-state index in [1.807, 2.05) is 20.8 Å². The van der Waals surface area contributed by atoms with Crippen molar-refractivity contribution in [1.82, 2.24) is 14.8 Å². The lowest BCUT2D eigenvalue weighted by Crippen LogP contribution is -2.24. The molecule has 0 saturated carbocycles. The van der Waals surface area contributed by atoms with Crippen molar-refractivity contribution in [3.05, 3.63) is 46.9 Å². The number of amides is 1. The lowest BCUT2D eigenvalue weighted by atomic mass is 10.1. The Morgan fingerprint density at radius 3 is 2.54 bits per heavy atom. The molecule has 0 radical (unpaired) electrons. The van der Waals surface area contributed by atoms with E-state index in [1.165, 1.54) is 18.2 Å². The molecular formula is C17H16ClFN4O. The standard InChI is InChI=1S/C17H16ClFN4O/c1-17(2,3)23-16-10(5-7-13(21-16)15(20)24)14(22-23)9-4-6-11(18)12(19)8-9/h4-8H,1-3H3,(H2,20,24). The first kappa shape index (κ1) is 16.4. The summed E-state index contributed by atoms with van der Waals surface area (Å²) in [4.78, 5) is 15.8. The number of hydrogen-bond acceptors (Lipinski definition) is 3. The second kappa shape index (κ2) is 5.56. The van der Waals surface area contributed by atoms with Crippen LogP contribution in [0.1, 0.15) is 31.3 Å². The molecule has 5 nitrogen and oxygen atoms in total. The third-order valence-electron chi connectivity index (χ3n) is 3.61. The molecule has 0 aliphatic rings. The minimum atomic E-state index is -0.613. The summed E-state index contributed by atoms with van der Waals surface area (Å²) in [6.07, 6.45) is 0. The fourth-order valence-electron chi connectivity index (χ4n) is 2.46. The zero-order chi connectivity index (χ0) is 17.6. The first-order valence-corrected chi connectivity index (χ1v) is 7.72. The maximum absolute atomic E-state index is 13.8. The largest absolute Gasteiger partial charge is 0.364 e. The normalized spacial score (nSPS) is 11.9. The molecular weight excluding hydrogens is 331 g/mol. The van der Waals surface area contributed by atoms with Crippen molar-refractivity contribution in [2.45, 2.75) is 26.3 Å². The number of fused-ring (bicyclic) bond motifs is 1. The molecule has 0 aliphatic heterocycles. The predicted molar refractivity (Wildman–Crippen MR) is 91.4 cm³/mol. The lowest BCUT2D eigenvalue weighted by molar-refractivity contribution is 0.0995. The predicted octanol–water partition coefficient (Wildman–Crippen LogP) is 3.74. The summed E-state index contributed by atoms with van der Waals surface area (Å²) in [7, 11) is 0. The average molecular weight is 347 g/mol. The van der Waals surface area contributed by atoms with E-state index in [4.69, 9.17) is 17.3 Å². The summed E-state index contributed by atoms with van der Waals surface area (Å²) in [6.45, 7) is 5.89. The molecule has 7 heteroatoms. The molecule has 2 N–H and O–H groups in total. The molecule has 0 atom stereocenters. The van der Waals surface area contributed by atoms with Crippen LogP contribution < -0.4 is 5.73 Å². The third kappa shape index (κ3) is 2.73. The molecule has 24 heavy (non-hydrogen) atoms.